The molecule has 0 aliphatic rings. The fourth-order valence-electron chi connectivity index (χ4n) is 2.85. The topological polar surface area (TPSA) is 80.9 Å². The predicted molar refractivity (Wildman–Crippen MR) is 102 cm³/mol. The Hall–Kier alpha value is -1.10. The molecule has 25 heavy (non-hydrogen) atoms. The second-order valence-corrected chi connectivity index (χ2v) is 7.74. The van der Waals surface area contributed by atoms with Gasteiger partial charge >= 0.3 is 0 Å². The first-order valence-electron chi connectivity index (χ1n) is 9.57. The summed E-state index contributed by atoms with van der Waals surface area (Å²) in [6.45, 7) is 6.57. The van der Waals surface area contributed by atoms with E-state index in [0.29, 0.717) is 5.75 Å². The summed E-state index contributed by atoms with van der Waals surface area (Å²) >= 11 is 0. The fraction of sp³-hybridized carbons (Fsp3) is 0.714. The maximum Gasteiger partial charge on any atom is 0.121 e. The molecule has 0 saturated heterocycles. The third-order valence-corrected chi connectivity index (χ3v) is 5.00. The van der Waals surface area contributed by atoms with Crippen LogP contribution in [0.15, 0.2) is 12.1 Å². The molecule has 0 saturated carbocycles. The number of phenolic OH excluding ortho intramolecular Hbond substituents is 1. The van der Waals surface area contributed by atoms with Crippen LogP contribution in [0.2, 0.25) is 0 Å². The van der Waals surface area contributed by atoms with Crippen molar-refractivity contribution in [2.24, 2.45) is 17.8 Å². The molecule has 144 valence electrons. The van der Waals surface area contributed by atoms with Gasteiger partial charge in [-0.3, -0.25) is 0 Å². The van der Waals surface area contributed by atoms with E-state index in [1.807, 2.05) is 20.8 Å². The van der Waals surface area contributed by atoms with Crippen LogP contribution >= 0.6 is 0 Å². The number of hydrogen-bond acceptors (Lipinski definition) is 4. The molecule has 0 aliphatic heterocycles. The summed E-state index contributed by atoms with van der Waals surface area (Å²) < 4.78 is 0. The molecule has 0 fully saturated rings. The minimum atomic E-state index is 0.162. The van der Waals surface area contributed by atoms with Crippen LogP contribution in [0, 0.1) is 17.8 Å². The SMILES string of the molecule is CC(CO)CCc1cc(CCC(C)CO)c(O)c(CCC(C)CO)c1. The standard InChI is InChI=1S/C21H36O4/c1-15(12-22)4-7-18-10-19(8-5-16(2)13-23)21(25)20(11-18)9-6-17(3)14-24/h10-11,15-17,22-25H,4-9,12-14H2,1-3H3. The average molecular weight is 353 g/mol. The van der Waals surface area contributed by atoms with Crippen molar-refractivity contribution in [3.8, 4) is 5.75 Å². The highest BCUT2D eigenvalue weighted by Crippen LogP contribution is 2.29. The second-order valence-electron chi connectivity index (χ2n) is 7.74. The van der Waals surface area contributed by atoms with Crippen molar-refractivity contribution in [1.82, 2.24) is 0 Å². The van der Waals surface area contributed by atoms with Crippen molar-refractivity contribution in [3.63, 3.8) is 0 Å². The number of benzene rings is 1. The Labute approximate surface area is 152 Å². The van der Waals surface area contributed by atoms with Crippen molar-refractivity contribution in [2.75, 3.05) is 19.8 Å². The predicted octanol–water partition coefficient (Wildman–Crippen LogP) is 3.08. The molecule has 4 heteroatoms. The summed E-state index contributed by atoms with van der Waals surface area (Å²) in [5.74, 6) is 1.07. The number of rotatable bonds is 12. The molecule has 0 spiro atoms. The molecule has 0 aliphatic carbocycles. The first-order chi connectivity index (χ1) is 11.9. The molecule has 4 N–H and O–H groups in total. The van der Waals surface area contributed by atoms with E-state index in [1.54, 1.807) is 0 Å². The lowest BCUT2D eigenvalue weighted by molar-refractivity contribution is 0.229. The van der Waals surface area contributed by atoms with E-state index in [-0.39, 0.29) is 37.6 Å². The van der Waals surface area contributed by atoms with E-state index >= 15 is 0 Å². The van der Waals surface area contributed by atoms with Gasteiger partial charge in [0.2, 0.25) is 0 Å². The Morgan fingerprint density at radius 1 is 0.680 bits per heavy atom. The van der Waals surface area contributed by atoms with E-state index < -0.39 is 0 Å². The van der Waals surface area contributed by atoms with E-state index in [1.165, 1.54) is 5.56 Å². The maximum absolute atomic E-state index is 10.6. The zero-order valence-electron chi connectivity index (χ0n) is 16.0. The molecule has 0 aromatic heterocycles. The van der Waals surface area contributed by atoms with Crippen molar-refractivity contribution >= 4 is 0 Å². The van der Waals surface area contributed by atoms with E-state index in [0.717, 1.165) is 49.7 Å². The molecule has 0 bridgehead atoms. The summed E-state index contributed by atoms with van der Waals surface area (Å²) in [5.41, 5.74) is 3.08. The van der Waals surface area contributed by atoms with E-state index in [4.69, 9.17) is 0 Å². The van der Waals surface area contributed by atoms with Crippen LogP contribution in [0.4, 0.5) is 0 Å². The molecule has 0 amide bonds. The average Bonchev–Trinajstić information content (AvgIpc) is 2.63. The van der Waals surface area contributed by atoms with Gasteiger partial charge in [0.25, 0.3) is 0 Å². The number of aryl methyl sites for hydroxylation is 3. The molecule has 1 aromatic rings. The van der Waals surface area contributed by atoms with Gasteiger partial charge in [-0.2, -0.15) is 0 Å². The summed E-state index contributed by atoms with van der Waals surface area (Å²) in [5, 5.41) is 38.3. The van der Waals surface area contributed by atoms with Crippen LogP contribution in [0.5, 0.6) is 5.75 Å². The van der Waals surface area contributed by atoms with Crippen LogP contribution in [0.25, 0.3) is 0 Å². The van der Waals surface area contributed by atoms with Gasteiger partial charge in [0.05, 0.1) is 0 Å². The van der Waals surface area contributed by atoms with Gasteiger partial charge in [0.15, 0.2) is 0 Å². The monoisotopic (exact) mass is 352 g/mol. The molecule has 4 nitrogen and oxygen atoms in total. The molecular formula is C21H36O4. The quantitative estimate of drug-likeness (QED) is 0.466. The second kappa shape index (κ2) is 11.5. The van der Waals surface area contributed by atoms with Crippen molar-refractivity contribution in [2.45, 2.75) is 59.3 Å². The minimum Gasteiger partial charge on any atom is -0.507 e. The van der Waals surface area contributed by atoms with Gasteiger partial charge in [-0.1, -0.05) is 32.9 Å². The highest BCUT2D eigenvalue weighted by Gasteiger charge is 2.13. The van der Waals surface area contributed by atoms with Gasteiger partial charge < -0.3 is 20.4 Å². The number of phenols is 1. The van der Waals surface area contributed by atoms with Gasteiger partial charge in [0.1, 0.15) is 5.75 Å². The van der Waals surface area contributed by atoms with Crippen molar-refractivity contribution in [3.05, 3.63) is 28.8 Å². The van der Waals surface area contributed by atoms with Crippen LogP contribution in [0.1, 0.15) is 56.7 Å². The van der Waals surface area contributed by atoms with Crippen molar-refractivity contribution in [1.29, 1.82) is 0 Å². The Balaban J connectivity index is 2.94. The van der Waals surface area contributed by atoms with Gasteiger partial charge in [-0.25, -0.2) is 0 Å². The third-order valence-electron chi connectivity index (χ3n) is 5.00. The molecule has 3 unspecified atom stereocenters. The first-order valence-corrected chi connectivity index (χ1v) is 9.57. The zero-order chi connectivity index (χ0) is 18.8. The summed E-state index contributed by atoms with van der Waals surface area (Å²) in [6, 6.07) is 4.14. The van der Waals surface area contributed by atoms with Gasteiger partial charge in [-0.15, -0.1) is 0 Å². The molecule has 3 atom stereocenters. The fourth-order valence-corrected chi connectivity index (χ4v) is 2.85. The normalized spacial score (nSPS) is 15.1. The molecule has 1 rings (SSSR count). The van der Waals surface area contributed by atoms with Crippen LogP contribution < -0.4 is 0 Å². The highest BCUT2D eigenvalue weighted by atomic mass is 16.3. The lowest BCUT2D eigenvalue weighted by Crippen LogP contribution is -2.06. The number of hydrogen-bond donors (Lipinski definition) is 4. The lowest BCUT2D eigenvalue weighted by atomic mass is 9.91. The maximum atomic E-state index is 10.6. The van der Waals surface area contributed by atoms with Crippen molar-refractivity contribution < 1.29 is 20.4 Å². The largest absolute Gasteiger partial charge is 0.507 e. The van der Waals surface area contributed by atoms with Crippen LogP contribution in [-0.2, 0) is 19.3 Å². The third kappa shape index (κ3) is 7.76. The Kier molecular flexibility index (Phi) is 10.1. The first kappa shape index (κ1) is 21.9. The number of aliphatic hydroxyl groups is 3. The Bertz CT molecular complexity index is 466. The summed E-state index contributed by atoms with van der Waals surface area (Å²) in [7, 11) is 0. The molecule has 0 heterocycles. The van der Waals surface area contributed by atoms with Crippen LogP contribution in [-0.4, -0.2) is 40.2 Å². The highest BCUT2D eigenvalue weighted by molar-refractivity contribution is 5.44. The molecular weight excluding hydrogens is 316 g/mol. The Morgan fingerprint density at radius 3 is 1.40 bits per heavy atom. The smallest absolute Gasteiger partial charge is 0.121 e. The Morgan fingerprint density at radius 2 is 1.04 bits per heavy atom. The van der Waals surface area contributed by atoms with E-state index in [9.17, 15) is 20.4 Å². The number of aliphatic hydroxyl groups excluding tert-OH is 3. The number of aromatic hydroxyl groups is 1. The van der Waals surface area contributed by atoms with Crippen LogP contribution in [0.3, 0.4) is 0 Å². The van der Waals surface area contributed by atoms with Gasteiger partial charge in [-0.05, 0) is 73.0 Å². The molecule has 1 aromatic carbocycles. The minimum absolute atomic E-state index is 0.162. The van der Waals surface area contributed by atoms with Gasteiger partial charge in [0, 0.05) is 19.8 Å². The van der Waals surface area contributed by atoms with E-state index in [2.05, 4.69) is 12.1 Å². The molecule has 0 radical (unpaired) electrons. The summed E-state index contributed by atoms with van der Waals surface area (Å²) in [6.07, 6.45) is 4.98. The summed E-state index contributed by atoms with van der Waals surface area (Å²) in [4.78, 5) is 0. The zero-order valence-corrected chi connectivity index (χ0v) is 16.0. The lowest BCUT2D eigenvalue weighted by Gasteiger charge is -2.16.